The van der Waals surface area contributed by atoms with Crippen molar-refractivity contribution >= 4 is 33.9 Å². The van der Waals surface area contributed by atoms with E-state index in [9.17, 15) is 0 Å². The summed E-state index contributed by atoms with van der Waals surface area (Å²) in [5.74, 6) is 0. The van der Waals surface area contributed by atoms with E-state index in [2.05, 4.69) is 77.8 Å². The first kappa shape index (κ1) is 15.6. The topological polar surface area (TPSA) is 0 Å². The average Bonchev–Trinajstić information content (AvgIpc) is 2.26. The van der Waals surface area contributed by atoms with Gasteiger partial charge in [0.25, 0.3) is 0 Å². The summed E-state index contributed by atoms with van der Waals surface area (Å²) in [5.41, 5.74) is 4.85. The van der Waals surface area contributed by atoms with E-state index in [4.69, 9.17) is 0 Å². The fourth-order valence-electron chi connectivity index (χ4n) is 4.78. The molecule has 1 rings (SSSR count). The summed E-state index contributed by atoms with van der Waals surface area (Å²) in [6.07, 6.45) is 0. The molecule has 3 heteroatoms. The van der Waals surface area contributed by atoms with Crippen molar-refractivity contribution in [3.05, 3.63) is 21.0 Å². The van der Waals surface area contributed by atoms with Crippen LogP contribution in [0.1, 0.15) is 20.8 Å². The van der Waals surface area contributed by atoms with Gasteiger partial charge in [-0.05, 0) is 0 Å². The van der Waals surface area contributed by atoms with Gasteiger partial charge in [0.15, 0.2) is 0 Å². The molecule has 1 aliphatic rings. The molecular formula is C14H27LiSi2. The van der Waals surface area contributed by atoms with Gasteiger partial charge < -0.3 is 0 Å². The van der Waals surface area contributed by atoms with Crippen molar-refractivity contribution in [2.24, 2.45) is 0 Å². The van der Waals surface area contributed by atoms with E-state index in [1.54, 1.807) is 21.0 Å². The van der Waals surface area contributed by atoms with Gasteiger partial charge in [-0.3, -0.25) is 0 Å². The van der Waals surface area contributed by atoms with E-state index < -0.39 is 16.1 Å². The minimum atomic E-state index is -1.27. The first-order valence-electron chi connectivity index (χ1n) is 6.75. The maximum absolute atomic E-state index is 2.56. The third-order valence-electron chi connectivity index (χ3n) is 5.06. The zero-order chi connectivity index (χ0) is 13.8. The number of rotatable bonds is 2. The van der Waals surface area contributed by atoms with E-state index in [-0.39, 0.29) is 0 Å². The van der Waals surface area contributed by atoms with Crippen molar-refractivity contribution in [3.63, 3.8) is 0 Å². The fraction of sp³-hybridized carbons (Fsp3) is 0.714. The van der Waals surface area contributed by atoms with Crippen LogP contribution in [-0.2, 0) is 0 Å². The second kappa shape index (κ2) is 4.27. The molecule has 0 amide bonds. The molecule has 0 fully saturated rings. The Morgan fingerprint density at radius 2 is 1.12 bits per heavy atom. The van der Waals surface area contributed by atoms with Gasteiger partial charge in [0.1, 0.15) is 0 Å². The van der Waals surface area contributed by atoms with E-state index in [0.29, 0.717) is 4.66 Å². The molecule has 0 aromatic rings. The molecule has 0 unspecified atom stereocenters. The Morgan fingerprint density at radius 3 is 1.24 bits per heavy atom. The monoisotopic (exact) mass is 258 g/mol. The van der Waals surface area contributed by atoms with Crippen LogP contribution in [0.2, 0.25) is 43.9 Å². The molecule has 0 spiro atoms. The van der Waals surface area contributed by atoms with Gasteiger partial charge in [0, 0.05) is 0 Å². The normalized spacial score (nSPS) is 21.6. The SMILES string of the molecule is [Li][C]1=C(C)C(C)=C(C)C1([Si](C)(C)C)[Si](C)(C)C. The van der Waals surface area contributed by atoms with Crippen LogP contribution in [0.15, 0.2) is 21.0 Å². The first-order chi connectivity index (χ1) is 7.39. The standard InChI is InChI=1S/C14H27Si2.Li/c1-11-10-14(15(4,5)6,16(7,8)9)13(3)12(11)2;/h1-9H3;. The van der Waals surface area contributed by atoms with Gasteiger partial charge in [-0.2, -0.15) is 0 Å². The predicted molar refractivity (Wildman–Crippen MR) is 86.2 cm³/mol. The molecule has 92 valence electrons. The van der Waals surface area contributed by atoms with Crippen LogP contribution < -0.4 is 0 Å². The Labute approximate surface area is 119 Å². The molecule has 0 heterocycles. The van der Waals surface area contributed by atoms with Crippen molar-refractivity contribution < 1.29 is 0 Å². The average molecular weight is 258 g/mol. The zero-order valence-corrected chi connectivity index (χ0v) is 15.5. The summed E-state index contributed by atoms with van der Waals surface area (Å²) in [6.45, 7) is 22.4. The summed E-state index contributed by atoms with van der Waals surface area (Å²) in [4.78, 5) is 0. The molecule has 0 radical (unpaired) electrons. The summed E-state index contributed by atoms with van der Waals surface area (Å²) in [5, 5.41) is 0. The van der Waals surface area contributed by atoms with Crippen LogP contribution in [-0.4, -0.2) is 33.9 Å². The Kier molecular flexibility index (Phi) is 3.91. The Hall–Kier alpha value is 0.511. The third kappa shape index (κ3) is 1.92. The molecule has 0 aromatic carbocycles. The molecule has 0 atom stereocenters. The van der Waals surface area contributed by atoms with Crippen molar-refractivity contribution in [2.45, 2.75) is 64.7 Å². The summed E-state index contributed by atoms with van der Waals surface area (Å²) < 4.78 is 2.17. The summed E-state index contributed by atoms with van der Waals surface area (Å²) in [6, 6.07) is 0. The predicted octanol–water partition coefficient (Wildman–Crippen LogP) is 4.73. The van der Waals surface area contributed by atoms with Crippen LogP contribution in [0, 0.1) is 0 Å². The van der Waals surface area contributed by atoms with Crippen molar-refractivity contribution in [3.8, 4) is 0 Å². The molecule has 0 saturated heterocycles. The molecule has 0 bridgehead atoms. The van der Waals surface area contributed by atoms with Crippen LogP contribution >= 0.6 is 0 Å². The minimum absolute atomic E-state index is 0.466. The Bertz CT molecular complexity index is 363. The second-order valence-electron chi connectivity index (χ2n) is 7.75. The number of allylic oxidation sites excluding steroid dienone is 4. The molecule has 0 saturated carbocycles. The molecule has 1 aliphatic carbocycles. The van der Waals surface area contributed by atoms with Gasteiger partial charge in [-0.1, -0.05) is 0 Å². The second-order valence-corrected chi connectivity index (χ2v) is 18.8. The van der Waals surface area contributed by atoms with Gasteiger partial charge >= 0.3 is 120 Å². The zero-order valence-electron chi connectivity index (χ0n) is 13.5. The summed E-state index contributed by atoms with van der Waals surface area (Å²) in [7, 11) is -2.55. The van der Waals surface area contributed by atoms with Crippen molar-refractivity contribution in [1.82, 2.24) is 0 Å². The third-order valence-corrected chi connectivity index (χ3v) is 15.6. The Balaban J connectivity index is 3.72. The number of hydrogen-bond donors (Lipinski definition) is 0. The maximum atomic E-state index is 2.56. The van der Waals surface area contributed by atoms with Crippen LogP contribution in [0.25, 0.3) is 0 Å². The molecule has 0 nitrogen and oxygen atoms in total. The van der Waals surface area contributed by atoms with Crippen molar-refractivity contribution in [1.29, 1.82) is 0 Å². The van der Waals surface area contributed by atoms with Gasteiger partial charge in [-0.15, -0.1) is 0 Å². The molecule has 0 aromatic heterocycles. The fourth-order valence-corrected chi connectivity index (χ4v) is 19.0. The van der Waals surface area contributed by atoms with E-state index in [0.717, 1.165) is 0 Å². The van der Waals surface area contributed by atoms with E-state index in [1.165, 1.54) is 0 Å². The Morgan fingerprint density at radius 1 is 0.765 bits per heavy atom. The van der Waals surface area contributed by atoms with Crippen molar-refractivity contribution in [2.75, 3.05) is 0 Å². The van der Waals surface area contributed by atoms with Crippen LogP contribution in [0.4, 0.5) is 0 Å². The molecular weight excluding hydrogens is 231 g/mol. The van der Waals surface area contributed by atoms with Gasteiger partial charge in [-0.25, -0.2) is 0 Å². The molecule has 0 N–H and O–H groups in total. The van der Waals surface area contributed by atoms with E-state index in [1.807, 2.05) is 0 Å². The van der Waals surface area contributed by atoms with Crippen LogP contribution in [0.5, 0.6) is 0 Å². The van der Waals surface area contributed by atoms with Crippen LogP contribution in [0.3, 0.4) is 0 Å². The summed E-state index contributed by atoms with van der Waals surface area (Å²) >= 11 is 2.41. The van der Waals surface area contributed by atoms with Gasteiger partial charge in [0.2, 0.25) is 0 Å². The first-order valence-corrected chi connectivity index (χ1v) is 13.8. The molecule has 17 heavy (non-hydrogen) atoms. The van der Waals surface area contributed by atoms with Gasteiger partial charge in [0.05, 0.1) is 0 Å². The van der Waals surface area contributed by atoms with E-state index >= 15 is 0 Å². The molecule has 0 aliphatic heterocycles. The quantitative estimate of drug-likeness (QED) is 0.628. The number of hydrogen-bond acceptors (Lipinski definition) is 0.